The fourth-order valence-corrected chi connectivity index (χ4v) is 1.95. The van der Waals surface area contributed by atoms with Gasteiger partial charge in [0.25, 0.3) is 0 Å². The summed E-state index contributed by atoms with van der Waals surface area (Å²) >= 11 is 0. The molecule has 0 unspecified atom stereocenters. The van der Waals surface area contributed by atoms with Crippen LogP contribution in [0.2, 0.25) is 0 Å². The van der Waals surface area contributed by atoms with Gasteiger partial charge in [0.05, 0.1) is 18.3 Å². The zero-order chi connectivity index (χ0) is 11.0. The standard InChI is InChI=1S/C12H15N3O/c16-9-12(4-5-12)13-7-10-8-14-15-6-2-1-3-11(10)15/h1-3,6,8,13,16H,4-5,7,9H2. The van der Waals surface area contributed by atoms with Gasteiger partial charge in [-0.3, -0.25) is 0 Å². The lowest BCUT2D eigenvalue weighted by Gasteiger charge is -2.13. The van der Waals surface area contributed by atoms with Crippen molar-refractivity contribution < 1.29 is 5.11 Å². The summed E-state index contributed by atoms with van der Waals surface area (Å²) < 4.78 is 1.87. The zero-order valence-electron chi connectivity index (χ0n) is 9.06. The smallest absolute Gasteiger partial charge is 0.0706 e. The van der Waals surface area contributed by atoms with E-state index in [1.807, 2.05) is 29.0 Å². The molecule has 0 aromatic carbocycles. The molecule has 0 amide bonds. The molecule has 0 spiro atoms. The van der Waals surface area contributed by atoms with Crippen molar-refractivity contribution in [1.29, 1.82) is 0 Å². The van der Waals surface area contributed by atoms with Crippen LogP contribution in [0, 0.1) is 0 Å². The van der Waals surface area contributed by atoms with Crippen LogP contribution in [0.3, 0.4) is 0 Å². The Balaban J connectivity index is 1.79. The average molecular weight is 217 g/mol. The highest BCUT2D eigenvalue weighted by Gasteiger charge is 2.41. The first-order chi connectivity index (χ1) is 7.83. The number of aliphatic hydroxyl groups is 1. The van der Waals surface area contributed by atoms with E-state index in [-0.39, 0.29) is 12.1 Å². The van der Waals surface area contributed by atoms with Crippen LogP contribution in [0.4, 0.5) is 0 Å². The molecule has 2 aromatic heterocycles. The SMILES string of the molecule is OCC1(NCc2cnn3ccccc23)CC1. The maximum atomic E-state index is 9.22. The van der Waals surface area contributed by atoms with E-state index in [0.29, 0.717) is 0 Å². The maximum absolute atomic E-state index is 9.22. The molecular formula is C12H15N3O. The van der Waals surface area contributed by atoms with E-state index in [2.05, 4.69) is 16.5 Å². The Morgan fingerprint density at radius 2 is 2.31 bits per heavy atom. The predicted molar refractivity (Wildman–Crippen MR) is 61.1 cm³/mol. The van der Waals surface area contributed by atoms with Crippen LogP contribution in [0.25, 0.3) is 5.52 Å². The number of aromatic nitrogens is 2. The van der Waals surface area contributed by atoms with Crippen LogP contribution < -0.4 is 5.32 Å². The van der Waals surface area contributed by atoms with Crippen molar-refractivity contribution >= 4 is 5.52 Å². The molecule has 0 bridgehead atoms. The monoisotopic (exact) mass is 217 g/mol. The number of rotatable bonds is 4. The third-order valence-electron chi connectivity index (χ3n) is 3.32. The Hall–Kier alpha value is -1.39. The van der Waals surface area contributed by atoms with E-state index in [0.717, 1.165) is 24.9 Å². The molecule has 2 aromatic rings. The predicted octanol–water partition coefficient (Wildman–Crippen LogP) is 0.949. The van der Waals surface area contributed by atoms with Gasteiger partial charge in [0.15, 0.2) is 0 Å². The average Bonchev–Trinajstić information content (AvgIpc) is 3.01. The van der Waals surface area contributed by atoms with Gasteiger partial charge in [0.2, 0.25) is 0 Å². The van der Waals surface area contributed by atoms with Gasteiger partial charge < -0.3 is 10.4 Å². The van der Waals surface area contributed by atoms with Gasteiger partial charge in [-0.1, -0.05) is 6.07 Å². The number of hydrogen-bond donors (Lipinski definition) is 2. The fraction of sp³-hybridized carbons (Fsp3) is 0.417. The van der Waals surface area contributed by atoms with Crippen molar-refractivity contribution in [3.8, 4) is 0 Å². The van der Waals surface area contributed by atoms with Crippen molar-refractivity contribution in [2.24, 2.45) is 0 Å². The number of aliphatic hydroxyl groups excluding tert-OH is 1. The molecule has 0 radical (unpaired) electrons. The molecule has 1 aliphatic rings. The summed E-state index contributed by atoms with van der Waals surface area (Å²) in [5.74, 6) is 0. The lowest BCUT2D eigenvalue weighted by Crippen LogP contribution is -2.34. The van der Waals surface area contributed by atoms with Crippen LogP contribution >= 0.6 is 0 Å². The number of nitrogens with one attached hydrogen (secondary N) is 1. The van der Waals surface area contributed by atoms with Gasteiger partial charge in [-0.05, 0) is 25.0 Å². The molecule has 3 rings (SSSR count). The lowest BCUT2D eigenvalue weighted by atomic mass is 10.2. The molecule has 1 saturated carbocycles. The molecule has 0 saturated heterocycles. The molecule has 0 aliphatic heterocycles. The highest BCUT2D eigenvalue weighted by atomic mass is 16.3. The third-order valence-corrected chi connectivity index (χ3v) is 3.32. The number of nitrogens with zero attached hydrogens (tertiary/aromatic N) is 2. The molecule has 4 heteroatoms. The molecule has 4 nitrogen and oxygen atoms in total. The first kappa shape index (κ1) is 9.81. The van der Waals surface area contributed by atoms with Gasteiger partial charge in [0.1, 0.15) is 0 Å². The first-order valence-corrected chi connectivity index (χ1v) is 5.60. The summed E-state index contributed by atoms with van der Waals surface area (Å²) in [6.45, 7) is 1.00. The Morgan fingerprint density at radius 3 is 3.06 bits per heavy atom. The highest BCUT2D eigenvalue weighted by Crippen LogP contribution is 2.34. The fourth-order valence-electron chi connectivity index (χ4n) is 1.95. The zero-order valence-corrected chi connectivity index (χ0v) is 9.06. The van der Waals surface area contributed by atoms with Gasteiger partial charge in [0, 0.05) is 23.8 Å². The van der Waals surface area contributed by atoms with Crippen LogP contribution in [-0.4, -0.2) is 26.9 Å². The Bertz CT molecular complexity index is 502. The van der Waals surface area contributed by atoms with E-state index >= 15 is 0 Å². The summed E-state index contributed by atoms with van der Waals surface area (Å²) in [6, 6.07) is 6.04. The maximum Gasteiger partial charge on any atom is 0.0706 e. The molecule has 1 aliphatic carbocycles. The number of pyridine rings is 1. The largest absolute Gasteiger partial charge is 0.394 e. The molecule has 84 valence electrons. The van der Waals surface area contributed by atoms with E-state index in [1.165, 1.54) is 5.56 Å². The van der Waals surface area contributed by atoms with Crippen LogP contribution in [-0.2, 0) is 6.54 Å². The second-order valence-electron chi connectivity index (χ2n) is 4.49. The summed E-state index contributed by atoms with van der Waals surface area (Å²) in [5.41, 5.74) is 2.30. The summed E-state index contributed by atoms with van der Waals surface area (Å²) in [4.78, 5) is 0. The summed E-state index contributed by atoms with van der Waals surface area (Å²) in [5, 5.41) is 16.9. The molecule has 1 fully saturated rings. The van der Waals surface area contributed by atoms with E-state index < -0.39 is 0 Å². The van der Waals surface area contributed by atoms with Crippen molar-refractivity contribution in [1.82, 2.24) is 14.9 Å². The summed E-state index contributed by atoms with van der Waals surface area (Å²) in [7, 11) is 0. The minimum absolute atomic E-state index is 0.0109. The number of hydrogen-bond acceptors (Lipinski definition) is 3. The Kier molecular flexibility index (Phi) is 2.19. The van der Waals surface area contributed by atoms with Gasteiger partial charge in [-0.15, -0.1) is 0 Å². The van der Waals surface area contributed by atoms with Gasteiger partial charge in [-0.2, -0.15) is 5.10 Å². The van der Waals surface area contributed by atoms with Crippen molar-refractivity contribution in [3.05, 3.63) is 36.2 Å². The molecular weight excluding hydrogens is 202 g/mol. The normalized spacial score (nSPS) is 17.8. The van der Waals surface area contributed by atoms with Crippen LogP contribution in [0.1, 0.15) is 18.4 Å². The third kappa shape index (κ3) is 1.60. The molecule has 2 heterocycles. The van der Waals surface area contributed by atoms with E-state index in [4.69, 9.17) is 0 Å². The topological polar surface area (TPSA) is 49.6 Å². The van der Waals surface area contributed by atoms with Gasteiger partial charge in [-0.25, -0.2) is 4.52 Å². The first-order valence-electron chi connectivity index (χ1n) is 5.60. The second-order valence-corrected chi connectivity index (χ2v) is 4.49. The van der Waals surface area contributed by atoms with Crippen molar-refractivity contribution in [3.63, 3.8) is 0 Å². The van der Waals surface area contributed by atoms with Gasteiger partial charge >= 0.3 is 0 Å². The van der Waals surface area contributed by atoms with Crippen molar-refractivity contribution in [2.75, 3.05) is 6.61 Å². The molecule has 16 heavy (non-hydrogen) atoms. The Labute approximate surface area is 93.9 Å². The summed E-state index contributed by atoms with van der Waals surface area (Å²) in [6.07, 6.45) is 5.97. The minimum atomic E-state index is -0.0109. The molecule has 0 atom stereocenters. The lowest BCUT2D eigenvalue weighted by molar-refractivity contribution is 0.230. The van der Waals surface area contributed by atoms with Crippen LogP contribution in [0.5, 0.6) is 0 Å². The Morgan fingerprint density at radius 1 is 1.44 bits per heavy atom. The van der Waals surface area contributed by atoms with Crippen LogP contribution in [0.15, 0.2) is 30.6 Å². The molecule has 2 N–H and O–H groups in total. The van der Waals surface area contributed by atoms with E-state index in [1.54, 1.807) is 0 Å². The number of fused-ring (bicyclic) bond motifs is 1. The minimum Gasteiger partial charge on any atom is -0.394 e. The quantitative estimate of drug-likeness (QED) is 0.801. The highest BCUT2D eigenvalue weighted by molar-refractivity contribution is 5.53. The second kappa shape index (κ2) is 3.57. The van der Waals surface area contributed by atoms with Crippen molar-refractivity contribution in [2.45, 2.75) is 24.9 Å². The van der Waals surface area contributed by atoms with E-state index in [9.17, 15) is 5.11 Å².